The third-order valence-corrected chi connectivity index (χ3v) is 6.77. The smallest absolute Gasteiger partial charge is 0.266 e. The Hall–Kier alpha value is -2.40. The fourth-order valence-corrected chi connectivity index (χ4v) is 5.04. The van der Waals surface area contributed by atoms with Gasteiger partial charge in [0.05, 0.1) is 17.1 Å². The molecule has 0 aliphatic heterocycles. The first-order valence-electron chi connectivity index (χ1n) is 9.26. The largest absolute Gasteiger partial charge is 0.306 e. The second-order valence-electron chi connectivity index (χ2n) is 7.32. The van der Waals surface area contributed by atoms with Crippen molar-refractivity contribution in [1.82, 2.24) is 9.78 Å². The molecule has 1 unspecified atom stereocenters. The molecule has 3 aromatic rings. The van der Waals surface area contributed by atoms with E-state index in [-0.39, 0.29) is 5.91 Å². The molecule has 2 aromatic heterocycles. The van der Waals surface area contributed by atoms with Gasteiger partial charge in [0.15, 0.2) is 0 Å². The highest BCUT2D eigenvalue weighted by molar-refractivity contribution is 7.17. The Morgan fingerprint density at radius 2 is 2.04 bits per heavy atom. The van der Waals surface area contributed by atoms with Crippen molar-refractivity contribution in [2.75, 3.05) is 5.32 Å². The van der Waals surface area contributed by atoms with Crippen LogP contribution in [0.1, 0.15) is 46.6 Å². The van der Waals surface area contributed by atoms with Crippen LogP contribution in [0.3, 0.4) is 0 Å². The molecule has 0 radical (unpaired) electrons. The molecule has 0 saturated heterocycles. The van der Waals surface area contributed by atoms with E-state index in [0.717, 1.165) is 23.5 Å². The number of nitrogens with one attached hydrogen (secondary N) is 1. The molecule has 1 N–H and O–H groups in total. The highest BCUT2D eigenvalue weighted by atomic mass is 32.1. The molecule has 2 aliphatic rings. The van der Waals surface area contributed by atoms with Gasteiger partial charge in [-0.3, -0.25) is 4.79 Å². The topological polar surface area (TPSA) is 46.9 Å². The normalized spacial score (nSPS) is 16.7. The fourth-order valence-electron chi connectivity index (χ4n) is 3.88. The minimum atomic E-state index is -0.0355. The van der Waals surface area contributed by atoms with Crippen molar-refractivity contribution in [3.63, 3.8) is 0 Å². The molecular formula is C21H21N3OS. The quantitative estimate of drug-likeness (QED) is 0.714. The van der Waals surface area contributed by atoms with Crippen molar-refractivity contribution in [3.8, 4) is 10.4 Å². The van der Waals surface area contributed by atoms with Gasteiger partial charge in [-0.15, -0.1) is 11.3 Å². The summed E-state index contributed by atoms with van der Waals surface area (Å²) < 4.78 is 1.96. The van der Waals surface area contributed by atoms with Gasteiger partial charge in [0, 0.05) is 10.9 Å². The van der Waals surface area contributed by atoms with Crippen LogP contribution in [0.2, 0.25) is 0 Å². The van der Waals surface area contributed by atoms with E-state index in [0.29, 0.717) is 12.0 Å². The van der Waals surface area contributed by atoms with Gasteiger partial charge in [0.2, 0.25) is 0 Å². The summed E-state index contributed by atoms with van der Waals surface area (Å²) in [6, 6.07) is 12.8. The van der Waals surface area contributed by atoms with Crippen molar-refractivity contribution in [2.24, 2.45) is 5.92 Å². The molecule has 0 bridgehead atoms. The third-order valence-electron chi connectivity index (χ3n) is 5.56. The summed E-state index contributed by atoms with van der Waals surface area (Å²) in [7, 11) is 0. The predicted octanol–water partition coefficient (Wildman–Crippen LogP) is 4.93. The highest BCUT2D eigenvalue weighted by Gasteiger charge is 2.31. The van der Waals surface area contributed by atoms with Crippen molar-refractivity contribution in [3.05, 3.63) is 58.6 Å². The summed E-state index contributed by atoms with van der Waals surface area (Å²) in [5, 5.41) is 7.50. The van der Waals surface area contributed by atoms with E-state index in [1.54, 1.807) is 17.5 Å². The summed E-state index contributed by atoms with van der Waals surface area (Å²) in [6.07, 6.45) is 6.33. The molecule has 5 heteroatoms. The van der Waals surface area contributed by atoms with Crippen LogP contribution in [0.4, 0.5) is 5.82 Å². The molecule has 132 valence electrons. The summed E-state index contributed by atoms with van der Waals surface area (Å²) in [5.41, 5.74) is 3.95. The Morgan fingerprint density at radius 3 is 2.88 bits per heavy atom. The minimum Gasteiger partial charge on any atom is -0.306 e. The molecule has 1 amide bonds. The number of amides is 1. The van der Waals surface area contributed by atoms with Gasteiger partial charge in [0.1, 0.15) is 5.82 Å². The van der Waals surface area contributed by atoms with Crippen molar-refractivity contribution in [1.29, 1.82) is 0 Å². The van der Waals surface area contributed by atoms with Crippen molar-refractivity contribution < 1.29 is 4.79 Å². The standard InChI is InChI=1S/C21H21N3OS/c1-13(14-6-7-14)24-19(10-11-22-24)23-21(25)18-12-16-9-8-15-4-2-3-5-17(15)20(16)26-18/h2-5,10-14H,6-9H2,1H3,(H,23,25). The van der Waals surface area contributed by atoms with Gasteiger partial charge >= 0.3 is 0 Å². The number of hydrogen-bond acceptors (Lipinski definition) is 3. The van der Waals surface area contributed by atoms with Gasteiger partial charge in [-0.05, 0) is 61.3 Å². The Balaban J connectivity index is 1.41. The number of aromatic nitrogens is 2. The minimum absolute atomic E-state index is 0.0355. The summed E-state index contributed by atoms with van der Waals surface area (Å²) in [6.45, 7) is 2.18. The van der Waals surface area contributed by atoms with Crippen molar-refractivity contribution in [2.45, 2.75) is 38.6 Å². The molecule has 1 atom stereocenters. The molecule has 0 spiro atoms. The number of aryl methyl sites for hydroxylation is 2. The van der Waals surface area contributed by atoms with Gasteiger partial charge in [-0.25, -0.2) is 4.68 Å². The molecule has 4 nitrogen and oxygen atoms in total. The highest BCUT2D eigenvalue weighted by Crippen LogP contribution is 2.41. The number of benzene rings is 1. The van der Waals surface area contributed by atoms with Crippen LogP contribution < -0.4 is 5.32 Å². The number of hydrogen-bond donors (Lipinski definition) is 1. The van der Waals surface area contributed by atoms with E-state index in [2.05, 4.69) is 47.7 Å². The molecule has 5 rings (SSSR count). The molecule has 1 saturated carbocycles. The first-order valence-corrected chi connectivity index (χ1v) is 10.1. The van der Waals surface area contributed by atoms with E-state index >= 15 is 0 Å². The monoisotopic (exact) mass is 363 g/mol. The zero-order valence-corrected chi connectivity index (χ0v) is 15.6. The van der Waals surface area contributed by atoms with E-state index in [4.69, 9.17) is 0 Å². The number of carbonyl (C=O) groups is 1. The maximum Gasteiger partial charge on any atom is 0.266 e. The Kier molecular flexibility index (Phi) is 3.71. The molecule has 1 aromatic carbocycles. The summed E-state index contributed by atoms with van der Waals surface area (Å²) in [5.74, 6) is 1.45. The fraction of sp³-hybridized carbons (Fsp3) is 0.333. The first kappa shape index (κ1) is 15.8. The SMILES string of the molecule is CC(C1CC1)n1nccc1NC(=O)c1cc2c(s1)-c1ccccc1CC2. The zero-order valence-electron chi connectivity index (χ0n) is 14.7. The number of anilines is 1. The lowest BCUT2D eigenvalue weighted by molar-refractivity contribution is 0.102. The Labute approximate surface area is 156 Å². The summed E-state index contributed by atoms with van der Waals surface area (Å²) >= 11 is 1.60. The number of thiophene rings is 1. The zero-order chi connectivity index (χ0) is 17.7. The average Bonchev–Trinajstić information content (AvgIpc) is 3.25. The molecule has 1 fully saturated rings. The maximum absolute atomic E-state index is 12.9. The predicted molar refractivity (Wildman–Crippen MR) is 105 cm³/mol. The van der Waals surface area contributed by atoms with E-state index < -0.39 is 0 Å². The Morgan fingerprint density at radius 1 is 1.23 bits per heavy atom. The lowest BCUT2D eigenvalue weighted by atomic mass is 9.91. The average molecular weight is 363 g/mol. The van der Waals surface area contributed by atoms with E-state index in [1.165, 1.54) is 34.4 Å². The van der Waals surface area contributed by atoms with Gasteiger partial charge in [0.25, 0.3) is 5.91 Å². The van der Waals surface area contributed by atoms with Crippen molar-refractivity contribution >= 4 is 23.1 Å². The molecule has 26 heavy (non-hydrogen) atoms. The van der Waals surface area contributed by atoms with Gasteiger partial charge < -0.3 is 5.32 Å². The van der Waals surface area contributed by atoms with Crippen LogP contribution >= 0.6 is 11.3 Å². The second kappa shape index (κ2) is 6.09. The van der Waals surface area contributed by atoms with Crippen LogP contribution in [-0.4, -0.2) is 15.7 Å². The summed E-state index contributed by atoms with van der Waals surface area (Å²) in [4.78, 5) is 14.9. The lowest BCUT2D eigenvalue weighted by Crippen LogP contribution is -2.17. The van der Waals surface area contributed by atoms with Crippen LogP contribution in [0.25, 0.3) is 10.4 Å². The van der Waals surface area contributed by atoms with Gasteiger partial charge in [-0.2, -0.15) is 5.10 Å². The molecule has 2 aliphatic carbocycles. The number of nitrogens with zero attached hydrogens (tertiary/aromatic N) is 2. The Bertz CT molecular complexity index is 983. The number of fused-ring (bicyclic) bond motifs is 3. The first-order chi connectivity index (χ1) is 12.7. The van der Waals surface area contributed by atoms with Crippen LogP contribution in [0, 0.1) is 5.92 Å². The second-order valence-corrected chi connectivity index (χ2v) is 8.37. The van der Waals surface area contributed by atoms with E-state index in [9.17, 15) is 4.79 Å². The van der Waals surface area contributed by atoms with Crippen LogP contribution in [-0.2, 0) is 12.8 Å². The molecular weight excluding hydrogens is 342 g/mol. The van der Waals surface area contributed by atoms with Crippen LogP contribution in [0.15, 0.2) is 42.6 Å². The lowest BCUT2D eigenvalue weighted by Gasteiger charge is -2.15. The maximum atomic E-state index is 12.9. The van der Waals surface area contributed by atoms with Gasteiger partial charge in [-0.1, -0.05) is 24.3 Å². The number of rotatable bonds is 4. The third kappa shape index (κ3) is 2.67. The molecule has 2 heterocycles. The van der Waals surface area contributed by atoms with Crippen LogP contribution in [0.5, 0.6) is 0 Å². The number of carbonyl (C=O) groups excluding carboxylic acids is 1. The van der Waals surface area contributed by atoms with E-state index in [1.807, 2.05) is 10.7 Å².